The Morgan fingerprint density at radius 2 is 1.64 bits per heavy atom. The molecule has 22 heavy (non-hydrogen) atoms. The summed E-state index contributed by atoms with van der Waals surface area (Å²) in [6, 6.07) is 7.18. The molecule has 0 aliphatic carbocycles. The summed E-state index contributed by atoms with van der Waals surface area (Å²) in [5.74, 6) is -1.23. The Labute approximate surface area is 130 Å². The molecule has 1 fully saturated rings. The molecular formula is C18H22O4. The van der Waals surface area contributed by atoms with E-state index in [2.05, 4.69) is 0 Å². The summed E-state index contributed by atoms with van der Waals surface area (Å²) in [6.45, 7) is 8.43. The summed E-state index contributed by atoms with van der Waals surface area (Å²) in [5, 5.41) is 0. The first-order valence-corrected chi connectivity index (χ1v) is 7.51. The van der Waals surface area contributed by atoms with Gasteiger partial charge in [-0.1, -0.05) is 31.2 Å². The summed E-state index contributed by atoms with van der Waals surface area (Å²) in [5.41, 5.74) is -0.686. The zero-order valence-electron chi connectivity index (χ0n) is 13.7. The molecule has 1 aromatic rings. The third-order valence-corrected chi connectivity index (χ3v) is 4.43. The summed E-state index contributed by atoms with van der Waals surface area (Å²) in [7, 11) is 0. The molecule has 1 aliphatic heterocycles. The van der Waals surface area contributed by atoms with Gasteiger partial charge in [-0.15, -0.1) is 0 Å². The van der Waals surface area contributed by atoms with E-state index in [1.165, 1.54) is 13.8 Å². The molecule has 0 radical (unpaired) electrons. The highest BCUT2D eigenvalue weighted by Crippen LogP contribution is 2.41. The molecule has 0 spiro atoms. The largest absolute Gasteiger partial charge is 0.452 e. The molecule has 2 rings (SSSR count). The van der Waals surface area contributed by atoms with Crippen molar-refractivity contribution in [3.63, 3.8) is 0 Å². The van der Waals surface area contributed by atoms with E-state index in [4.69, 9.17) is 4.74 Å². The van der Waals surface area contributed by atoms with E-state index in [0.717, 1.165) is 12.0 Å². The highest BCUT2D eigenvalue weighted by atomic mass is 16.6. The van der Waals surface area contributed by atoms with E-state index >= 15 is 0 Å². The molecule has 1 heterocycles. The molecule has 0 amide bonds. The number of benzene rings is 1. The van der Waals surface area contributed by atoms with Gasteiger partial charge >= 0.3 is 5.97 Å². The first kappa shape index (κ1) is 16.4. The van der Waals surface area contributed by atoms with Crippen LogP contribution in [0.25, 0.3) is 0 Å². The zero-order chi connectivity index (χ0) is 16.7. The predicted octanol–water partition coefficient (Wildman–Crippen LogP) is 2.98. The van der Waals surface area contributed by atoms with E-state index in [-0.39, 0.29) is 11.6 Å². The third kappa shape index (κ3) is 2.47. The van der Waals surface area contributed by atoms with Crippen LogP contribution in [0.3, 0.4) is 0 Å². The number of carbonyl (C=O) groups is 3. The van der Waals surface area contributed by atoms with Crippen molar-refractivity contribution in [2.75, 3.05) is 0 Å². The van der Waals surface area contributed by atoms with Crippen LogP contribution in [-0.2, 0) is 20.7 Å². The molecule has 0 saturated carbocycles. The van der Waals surface area contributed by atoms with Crippen molar-refractivity contribution in [2.24, 2.45) is 10.8 Å². The van der Waals surface area contributed by atoms with Crippen LogP contribution < -0.4 is 0 Å². The lowest BCUT2D eigenvalue weighted by Gasteiger charge is -2.42. The van der Waals surface area contributed by atoms with Crippen molar-refractivity contribution in [3.05, 3.63) is 35.4 Å². The van der Waals surface area contributed by atoms with Crippen LogP contribution in [0.5, 0.6) is 0 Å². The van der Waals surface area contributed by atoms with E-state index in [0.29, 0.717) is 5.56 Å². The first-order chi connectivity index (χ1) is 10.1. The van der Waals surface area contributed by atoms with Crippen LogP contribution in [0.2, 0.25) is 0 Å². The second kappa shape index (κ2) is 5.34. The lowest BCUT2D eigenvalue weighted by atomic mass is 9.67. The topological polar surface area (TPSA) is 60.4 Å². The Morgan fingerprint density at radius 1 is 1.09 bits per heavy atom. The number of hydrogen-bond acceptors (Lipinski definition) is 4. The SMILES string of the molecule is CCc1ccc(C(=O)[C@H]2OC(=O)C(C)(C)C(=O)C2(C)C)cc1. The van der Waals surface area contributed by atoms with Gasteiger partial charge in [0.2, 0.25) is 5.78 Å². The maximum atomic E-state index is 12.7. The fraction of sp³-hybridized carbons (Fsp3) is 0.500. The lowest BCUT2D eigenvalue weighted by molar-refractivity contribution is -0.181. The van der Waals surface area contributed by atoms with Gasteiger partial charge in [-0.05, 0) is 39.7 Å². The van der Waals surface area contributed by atoms with Crippen molar-refractivity contribution in [1.29, 1.82) is 0 Å². The Bertz CT molecular complexity index is 623. The van der Waals surface area contributed by atoms with Gasteiger partial charge in [0.05, 0.1) is 5.41 Å². The standard InChI is InChI=1S/C18H22O4/c1-6-11-7-9-12(10-8-11)13(19)14-17(2,3)15(20)18(4,5)16(21)22-14/h7-10,14H,6H2,1-5H3/t14-/m1/s1. The van der Waals surface area contributed by atoms with Crippen LogP contribution in [0.15, 0.2) is 24.3 Å². The average molecular weight is 302 g/mol. The van der Waals surface area contributed by atoms with Gasteiger partial charge in [-0.2, -0.15) is 0 Å². The fourth-order valence-electron chi connectivity index (χ4n) is 2.86. The quantitative estimate of drug-likeness (QED) is 0.489. The van der Waals surface area contributed by atoms with E-state index in [9.17, 15) is 14.4 Å². The predicted molar refractivity (Wildman–Crippen MR) is 82.6 cm³/mol. The van der Waals surface area contributed by atoms with Gasteiger partial charge in [0.15, 0.2) is 11.9 Å². The normalized spacial score (nSPS) is 23.0. The summed E-state index contributed by atoms with van der Waals surface area (Å²) < 4.78 is 5.35. The summed E-state index contributed by atoms with van der Waals surface area (Å²) in [6.07, 6.45) is -0.196. The maximum Gasteiger partial charge on any atom is 0.319 e. The van der Waals surface area contributed by atoms with Crippen LogP contribution in [0, 0.1) is 10.8 Å². The smallest absolute Gasteiger partial charge is 0.319 e. The molecule has 1 atom stereocenters. The van der Waals surface area contributed by atoms with Gasteiger partial charge in [0.25, 0.3) is 0 Å². The van der Waals surface area contributed by atoms with Crippen LogP contribution in [0.1, 0.15) is 50.5 Å². The van der Waals surface area contributed by atoms with Crippen LogP contribution in [0.4, 0.5) is 0 Å². The van der Waals surface area contributed by atoms with E-state index in [1.54, 1.807) is 26.0 Å². The molecule has 0 unspecified atom stereocenters. The molecule has 0 aromatic heterocycles. The number of Topliss-reactive ketones (excluding diaryl/α,β-unsaturated/α-hetero) is 2. The van der Waals surface area contributed by atoms with E-state index < -0.39 is 22.9 Å². The molecule has 118 valence electrons. The molecule has 0 bridgehead atoms. The van der Waals surface area contributed by atoms with Gasteiger partial charge in [0, 0.05) is 5.56 Å². The van der Waals surface area contributed by atoms with Gasteiger partial charge < -0.3 is 4.74 Å². The molecule has 1 saturated heterocycles. The number of ketones is 2. The molecule has 1 aliphatic rings. The van der Waals surface area contributed by atoms with Crippen molar-refractivity contribution in [1.82, 2.24) is 0 Å². The highest BCUT2D eigenvalue weighted by molar-refractivity contribution is 6.13. The monoisotopic (exact) mass is 302 g/mol. The molecular weight excluding hydrogens is 280 g/mol. The van der Waals surface area contributed by atoms with Crippen LogP contribution in [-0.4, -0.2) is 23.6 Å². The molecule has 4 heteroatoms. The van der Waals surface area contributed by atoms with Crippen LogP contribution >= 0.6 is 0 Å². The number of hydrogen-bond donors (Lipinski definition) is 0. The Kier molecular flexibility index (Phi) is 3.98. The Hall–Kier alpha value is -1.97. The highest BCUT2D eigenvalue weighted by Gasteiger charge is 2.57. The number of ether oxygens (including phenoxy) is 1. The maximum absolute atomic E-state index is 12.7. The lowest BCUT2D eigenvalue weighted by Crippen LogP contribution is -2.58. The Morgan fingerprint density at radius 3 is 2.14 bits per heavy atom. The first-order valence-electron chi connectivity index (χ1n) is 7.51. The molecule has 1 aromatic carbocycles. The fourth-order valence-corrected chi connectivity index (χ4v) is 2.86. The Balaban J connectivity index is 2.36. The second-order valence-corrected chi connectivity index (χ2v) is 6.88. The number of esters is 1. The van der Waals surface area contributed by atoms with Gasteiger partial charge in [-0.25, -0.2) is 0 Å². The minimum absolute atomic E-state index is 0.264. The van der Waals surface area contributed by atoms with Crippen molar-refractivity contribution in [3.8, 4) is 0 Å². The number of aryl methyl sites for hydroxylation is 1. The van der Waals surface area contributed by atoms with Crippen molar-refractivity contribution < 1.29 is 19.1 Å². The number of carbonyl (C=O) groups excluding carboxylic acids is 3. The van der Waals surface area contributed by atoms with Gasteiger partial charge in [-0.3, -0.25) is 14.4 Å². The summed E-state index contributed by atoms with van der Waals surface area (Å²) in [4.78, 5) is 37.3. The second-order valence-electron chi connectivity index (χ2n) is 6.88. The molecule has 4 nitrogen and oxygen atoms in total. The third-order valence-electron chi connectivity index (χ3n) is 4.43. The van der Waals surface area contributed by atoms with Crippen molar-refractivity contribution >= 4 is 17.5 Å². The number of cyclic esters (lactones) is 1. The van der Waals surface area contributed by atoms with Crippen molar-refractivity contribution in [2.45, 2.75) is 47.1 Å². The van der Waals surface area contributed by atoms with Gasteiger partial charge in [0.1, 0.15) is 5.41 Å². The summed E-state index contributed by atoms with van der Waals surface area (Å²) >= 11 is 0. The minimum Gasteiger partial charge on any atom is -0.452 e. The molecule has 0 N–H and O–H groups in total. The van der Waals surface area contributed by atoms with E-state index in [1.807, 2.05) is 19.1 Å². The minimum atomic E-state index is -1.22. The number of rotatable bonds is 3. The average Bonchev–Trinajstić information content (AvgIpc) is 2.49. The zero-order valence-corrected chi connectivity index (χ0v) is 13.7.